The molecule has 0 bridgehead atoms. The first-order valence-corrected chi connectivity index (χ1v) is 10.4. The summed E-state index contributed by atoms with van der Waals surface area (Å²) in [5.41, 5.74) is 3.02. The van der Waals surface area contributed by atoms with Gasteiger partial charge in [0, 0.05) is 30.4 Å². The molecule has 0 aliphatic carbocycles. The van der Waals surface area contributed by atoms with Gasteiger partial charge in [-0.2, -0.15) is 0 Å². The van der Waals surface area contributed by atoms with E-state index in [2.05, 4.69) is 25.3 Å². The minimum atomic E-state index is -0.0809. The van der Waals surface area contributed by atoms with Gasteiger partial charge in [0.05, 0.1) is 22.0 Å². The van der Waals surface area contributed by atoms with Crippen molar-refractivity contribution in [1.29, 1.82) is 0 Å². The van der Waals surface area contributed by atoms with Gasteiger partial charge in [-0.1, -0.05) is 19.1 Å². The molecular formula is C22H21N5OS. The lowest BCUT2D eigenvalue weighted by Gasteiger charge is -2.14. The van der Waals surface area contributed by atoms with Crippen LogP contribution in [0.4, 0.5) is 5.95 Å². The molecule has 0 aliphatic heterocycles. The molecule has 6 nitrogen and oxygen atoms in total. The molecule has 0 amide bonds. The van der Waals surface area contributed by atoms with Gasteiger partial charge >= 0.3 is 0 Å². The van der Waals surface area contributed by atoms with Crippen LogP contribution in [0.1, 0.15) is 54.1 Å². The second-order valence-electron chi connectivity index (χ2n) is 6.93. The Morgan fingerprint density at radius 1 is 1.00 bits per heavy atom. The van der Waals surface area contributed by atoms with Crippen molar-refractivity contribution in [2.75, 3.05) is 5.32 Å². The highest BCUT2D eigenvalue weighted by atomic mass is 32.1. The zero-order valence-corrected chi connectivity index (χ0v) is 17.1. The van der Waals surface area contributed by atoms with E-state index in [1.807, 2.05) is 61.7 Å². The lowest BCUT2D eigenvalue weighted by atomic mass is 9.99. The molecule has 2 atom stereocenters. The van der Waals surface area contributed by atoms with Crippen LogP contribution in [0, 0.1) is 0 Å². The summed E-state index contributed by atoms with van der Waals surface area (Å²) in [6.45, 7) is 4.00. The van der Waals surface area contributed by atoms with Gasteiger partial charge in [0.15, 0.2) is 5.78 Å². The molecule has 0 aliphatic rings. The van der Waals surface area contributed by atoms with Crippen LogP contribution in [-0.2, 0) is 0 Å². The number of aromatic nitrogens is 4. The number of hydrogen-bond acceptors (Lipinski definition) is 7. The van der Waals surface area contributed by atoms with Crippen molar-refractivity contribution < 1.29 is 4.79 Å². The van der Waals surface area contributed by atoms with Gasteiger partial charge in [0.1, 0.15) is 5.69 Å². The minimum absolute atomic E-state index is 0.00783. The van der Waals surface area contributed by atoms with Crippen LogP contribution in [0.2, 0.25) is 0 Å². The number of anilines is 1. The molecule has 7 heteroatoms. The number of fused-ring (bicyclic) bond motifs is 1. The Labute approximate surface area is 173 Å². The van der Waals surface area contributed by atoms with Crippen LogP contribution in [0.3, 0.4) is 0 Å². The van der Waals surface area contributed by atoms with Crippen LogP contribution >= 0.6 is 11.3 Å². The van der Waals surface area contributed by atoms with Crippen LogP contribution < -0.4 is 5.32 Å². The normalized spacial score (nSPS) is 13.2. The van der Waals surface area contributed by atoms with E-state index in [-0.39, 0.29) is 17.7 Å². The number of thiophene rings is 1. The van der Waals surface area contributed by atoms with Gasteiger partial charge in [0.2, 0.25) is 5.95 Å². The summed E-state index contributed by atoms with van der Waals surface area (Å²) in [6, 6.07) is 13.4. The van der Waals surface area contributed by atoms with Crippen LogP contribution in [-0.4, -0.2) is 25.7 Å². The maximum atomic E-state index is 13.1. The van der Waals surface area contributed by atoms with Crippen molar-refractivity contribution in [3.63, 3.8) is 0 Å². The predicted octanol–water partition coefficient (Wildman–Crippen LogP) is 5.03. The van der Waals surface area contributed by atoms with E-state index in [0.717, 1.165) is 21.6 Å². The Morgan fingerprint density at radius 3 is 2.41 bits per heavy atom. The molecule has 0 saturated heterocycles. The molecule has 0 spiro atoms. The van der Waals surface area contributed by atoms with E-state index in [9.17, 15) is 4.79 Å². The minimum Gasteiger partial charge on any atom is -0.346 e. The van der Waals surface area contributed by atoms with E-state index in [4.69, 9.17) is 0 Å². The lowest BCUT2D eigenvalue weighted by molar-refractivity contribution is 0.0972. The fraction of sp³-hybridized carbons (Fsp3) is 0.227. The molecule has 0 saturated carbocycles. The number of pyridine rings is 2. The maximum Gasteiger partial charge on any atom is 0.224 e. The molecule has 0 aromatic carbocycles. The van der Waals surface area contributed by atoms with Gasteiger partial charge in [0.25, 0.3) is 0 Å². The molecule has 146 valence electrons. The van der Waals surface area contributed by atoms with Crippen molar-refractivity contribution in [2.45, 2.75) is 32.2 Å². The number of rotatable bonds is 7. The van der Waals surface area contributed by atoms with Gasteiger partial charge in [-0.3, -0.25) is 14.8 Å². The smallest absolute Gasteiger partial charge is 0.224 e. The van der Waals surface area contributed by atoms with Crippen molar-refractivity contribution >= 4 is 33.3 Å². The number of nitrogens with zero attached hydrogens (tertiary/aromatic N) is 4. The standard InChI is InChI=1S/C22H21N5OS/c1-14(16-7-3-5-10-23-16)13-19(28)20-21-18(9-12-29-21)26-22(27-20)25-15(2)17-8-4-6-11-24-17/h3-12,14-15H,13H2,1-2H3,(H,25,26,27)/t14-,15+/m1/s1. The second-order valence-corrected chi connectivity index (χ2v) is 7.85. The van der Waals surface area contributed by atoms with Crippen molar-refractivity contribution in [2.24, 2.45) is 0 Å². The SMILES string of the molecule is C[C@H](CC(=O)c1nc(N[C@@H](C)c2ccccn2)nc2ccsc12)c1ccccn1. The summed E-state index contributed by atoms with van der Waals surface area (Å²) in [5.74, 6) is 0.437. The van der Waals surface area contributed by atoms with Gasteiger partial charge < -0.3 is 5.32 Å². The van der Waals surface area contributed by atoms with E-state index in [1.54, 1.807) is 12.4 Å². The zero-order valence-electron chi connectivity index (χ0n) is 16.2. The van der Waals surface area contributed by atoms with Crippen molar-refractivity contribution in [3.8, 4) is 0 Å². The molecule has 0 unspecified atom stereocenters. The van der Waals surface area contributed by atoms with E-state index >= 15 is 0 Å². The molecule has 4 heterocycles. The van der Waals surface area contributed by atoms with Gasteiger partial charge in [-0.15, -0.1) is 11.3 Å². The van der Waals surface area contributed by atoms with Crippen molar-refractivity contribution in [3.05, 3.63) is 77.3 Å². The number of ketones is 1. The summed E-state index contributed by atoms with van der Waals surface area (Å²) < 4.78 is 0.819. The number of nitrogens with one attached hydrogen (secondary N) is 1. The zero-order chi connectivity index (χ0) is 20.2. The highest BCUT2D eigenvalue weighted by Gasteiger charge is 2.20. The first-order chi connectivity index (χ1) is 14.1. The molecule has 1 N–H and O–H groups in total. The molecule has 0 radical (unpaired) electrons. The Kier molecular flexibility index (Phi) is 5.57. The fourth-order valence-corrected chi connectivity index (χ4v) is 4.00. The van der Waals surface area contributed by atoms with E-state index in [0.29, 0.717) is 18.1 Å². The van der Waals surface area contributed by atoms with E-state index in [1.165, 1.54) is 11.3 Å². The molecule has 4 aromatic heterocycles. The number of carbonyl (C=O) groups excluding carboxylic acids is 1. The third-order valence-corrected chi connectivity index (χ3v) is 5.64. The summed E-state index contributed by atoms with van der Waals surface area (Å²) in [5, 5.41) is 5.21. The van der Waals surface area contributed by atoms with Crippen LogP contribution in [0.5, 0.6) is 0 Å². The molecular weight excluding hydrogens is 382 g/mol. The average Bonchev–Trinajstić information content (AvgIpc) is 3.23. The lowest BCUT2D eigenvalue weighted by Crippen LogP contribution is -2.14. The summed E-state index contributed by atoms with van der Waals surface area (Å²) >= 11 is 1.49. The molecule has 29 heavy (non-hydrogen) atoms. The van der Waals surface area contributed by atoms with Crippen LogP contribution in [0.15, 0.2) is 60.2 Å². The Hall–Kier alpha value is -3.19. The first-order valence-electron chi connectivity index (χ1n) is 9.48. The summed E-state index contributed by atoms with van der Waals surface area (Å²) in [6.07, 6.45) is 3.85. The Bertz CT molecular complexity index is 1110. The largest absolute Gasteiger partial charge is 0.346 e. The topological polar surface area (TPSA) is 80.7 Å². The summed E-state index contributed by atoms with van der Waals surface area (Å²) in [7, 11) is 0. The summed E-state index contributed by atoms with van der Waals surface area (Å²) in [4.78, 5) is 31.0. The Balaban J connectivity index is 1.60. The van der Waals surface area contributed by atoms with Gasteiger partial charge in [-0.05, 0) is 42.6 Å². The number of Topliss-reactive ketones (excluding diaryl/α,β-unsaturated/α-hetero) is 1. The Morgan fingerprint density at radius 2 is 1.72 bits per heavy atom. The molecule has 4 aromatic rings. The highest BCUT2D eigenvalue weighted by molar-refractivity contribution is 7.17. The molecule has 4 rings (SSSR count). The highest BCUT2D eigenvalue weighted by Crippen LogP contribution is 2.28. The predicted molar refractivity (Wildman–Crippen MR) is 115 cm³/mol. The third kappa shape index (κ3) is 4.30. The number of carbonyl (C=O) groups is 1. The maximum absolute atomic E-state index is 13.1. The number of hydrogen-bond donors (Lipinski definition) is 1. The monoisotopic (exact) mass is 403 g/mol. The molecule has 0 fully saturated rings. The van der Waals surface area contributed by atoms with Gasteiger partial charge in [-0.25, -0.2) is 9.97 Å². The average molecular weight is 404 g/mol. The third-order valence-electron chi connectivity index (χ3n) is 4.73. The van der Waals surface area contributed by atoms with Crippen molar-refractivity contribution in [1.82, 2.24) is 19.9 Å². The fourth-order valence-electron chi connectivity index (χ4n) is 3.16. The van der Waals surface area contributed by atoms with E-state index < -0.39 is 0 Å². The van der Waals surface area contributed by atoms with Crippen LogP contribution in [0.25, 0.3) is 10.2 Å². The first kappa shape index (κ1) is 19.1. The quantitative estimate of drug-likeness (QED) is 0.436. The second kappa shape index (κ2) is 8.45.